The lowest BCUT2D eigenvalue weighted by atomic mass is 10.0. The summed E-state index contributed by atoms with van der Waals surface area (Å²) in [6, 6.07) is 10.5. The molecule has 2 aromatic rings. The Bertz CT molecular complexity index is 682. The molecule has 5 nitrogen and oxygen atoms in total. The minimum atomic E-state index is 0.556. The molecule has 0 amide bonds. The van der Waals surface area contributed by atoms with Crippen LogP contribution in [-0.2, 0) is 0 Å². The summed E-state index contributed by atoms with van der Waals surface area (Å²) in [4.78, 5) is 11.5. The lowest BCUT2D eigenvalue weighted by Gasteiger charge is -2.34. The Morgan fingerprint density at radius 1 is 1.08 bits per heavy atom. The van der Waals surface area contributed by atoms with Crippen LogP contribution in [0.15, 0.2) is 30.3 Å². The van der Waals surface area contributed by atoms with Gasteiger partial charge in [0.25, 0.3) is 0 Å². The molecular weight excluding hydrogens is 312 g/mol. The molecule has 1 aliphatic rings. The molecule has 0 atom stereocenters. The van der Waals surface area contributed by atoms with E-state index in [9.17, 15) is 0 Å². The van der Waals surface area contributed by atoms with Crippen molar-refractivity contribution in [1.29, 1.82) is 0 Å². The standard InChI is InChI=1S/C20H28N4O/c1-15-16(2)22-17(3)23-20(15)24-12-9-18(10-13-24)21-11-14-25-19-7-5-4-6-8-19/h4-8,18,21H,9-14H2,1-3H3. The van der Waals surface area contributed by atoms with Gasteiger partial charge in [0, 0.05) is 36.9 Å². The van der Waals surface area contributed by atoms with Gasteiger partial charge in [-0.2, -0.15) is 0 Å². The summed E-state index contributed by atoms with van der Waals surface area (Å²) in [5.41, 5.74) is 2.29. The second-order valence-corrected chi connectivity index (χ2v) is 6.68. The van der Waals surface area contributed by atoms with Crippen molar-refractivity contribution in [2.75, 3.05) is 31.1 Å². The van der Waals surface area contributed by atoms with E-state index in [1.165, 1.54) is 5.56 Å². The molecule has 1 N–H and O–H groups in total. The Balaban J connectivity index is 1.43. The van der Waals surface area contributed by atoms with E-state index in [1.807, 2.05) is 37.3 Å². The van der Waals surface area contributed by atoms with Gasteiger partial charge in [-0.25, -0.2) is 9.97 Å². The third kappa shape index (κ3) is 4.69. The summed E-state index contributed by atoms with van der Waals surface area (Å²) < 4.78 is 5.74. The van der Waals surface area contributed by atoms with Gasteiger partial charge in [0.15, 0.2) is 0 Å². The molecule has 0 bridgehead atoms. The lowest BCUT2D eigenvalue weighted by Crippen LogP contribution is -2.44. The van der Waals surface area contributed by atoms with E-state index >= 15 is 0 Å². The number of hydrogen-bond acceptors (Lipinski definition) is 5. The van der Waals surface area contributed by atoms with E-state index < -0.39 is 0 Å². The maximum Gasteiger partial charge on any atom is 0.135 e. The molecule has 1 fully saturated rings. The Morgan fingerprint density at radius 2 is 1.80 bits per heavy atom. The Kier molecular flexibility index (Phi) is 5.87. The average Bonchev–Trinajstić information content (AvgIpc) is 2.63. The molecule has 3 rings (SSSR count). The SMILES string of the molecule is Cc1nc(C)c(C)c(N2CCC(NCCOc3ccccc3)CC2)n1. The van der Waals surface area contributed by atoms with Crippen LogP contribution < -0.4 is 15.0 Å². The van der Waals surface area contributed by atoms with Crippen molar-refractivity contribution in [3.63, 3.8) is 0 Å². The van der Waals surface area contributed by atoms with Crippen LogP contribution in [0.2, 0.25) is 0 Å². The first-order chi connectivity index (χ1) is 12.1. The molecule has 0 unspecified atom stereocenters. The van der Waals surface area contributed by atoms with Gasteiger partial charge < -0.3 is 15.0 Å². The number of hydrogen-bond donors (Lipinski definition) is 1. The van der Waals surface area contributed by atoms with Crippen LogP contribution in [0.5, 0.6) is 5.75 Å². The highest BCUT2D eigenvalue weighted by molar-refractivity contribution is 5.48. The molecule has 0 aliphatic carbocycles. The normalized spacial score (nSPS) is 15.4. The quantitative estimate of drug-likeness (QED) is 0.819. The zero-order valence-corrected chi connectivity index (χ0v) is 15.5. The fourth-order valence-electron chi connectivity index (χ4n) is 3.30. The van der Waals surface area contributed by atoms with Gasteiger partial charge in [-0.05, 0) is 45.7 Å². The van der Waals surface area contributed by atoms with Gasteiger partial charge in [-0.3, -0.25) is 0 Å². The largest absolute Gasteiger partial charge is 0.492 e. The second-order valence-electron chi connectivity index (χ2n) is 6.68. The summed E-state index contributed by atoms with van der Waals surface area (Å²) in [5.74, 6) is 2.90. The molecule has 0 radical (unpaired) electrons. The van der Waals surface area contributed by atoms with Crippen LogP contribution in [-0.4, -0.2) is 42.3 Å². The number of para-hydroxylation sites is 1. The monoisotopic (exact) mass is 340 g/mol. The van der Waals surface area contributed by atoms with Crippen LogP contribution in [0.1, 0.15) is 29.9 Å². The molecular formula is C20H28N4O. The van der Waals surface area contributed by atoms with Crippen LogP contribution in [0.25, 0.3) is 0 Å². The second kappa shape index (κ2) is 8.30. The number of anilines is 1. The molecule has 25 heavy (non-hydrogen) atoms. The average molecular weight is 340 g/mol. The number of rotatable bonds is 6. The molecule has 0 spiro atoms. The van der Waals surface area contributed by atoms with Crippen molar-refractivity contribution in [1.82, 2.24) is 15.3 Å². The minimum Gasteiger partial charge on any atom is -0.492 e. The Labute approximate surface area is 150 Å². The highest BCUT2D eigenvalue weighted by Gasteiger charge is 2.21. The van der Waals surface area contributed by atoms with Crippen LogP contribution >= 0.6 is 0 Å². The van der Waals surface area contributed by atoms with Gasteiger partial charge >= 0.3 is 0 Å². The van der Waals surface area contributed by atoms with E-state index in [2.05, 4.69) is 34.0 Å². The molecule has 1 saturated heterocycles. The van der Waals surface area contributed by atoms with Crippen molar-refractivity contribution in [2.24, 2.45) is 0 Å². The number of benzene rings is 1. The Hall–Kier alpha value is -2.14. The fraction of sp³-hybridized carbons (Fsp3) is 0.500. The molecule has 5 heteroatoms. The van der Waals surface area contributed by atoms with E-state index in [1.54, 1.807) is 0 Å². The maximum atomic E-state index is 5.74. The zero-order chi connectivity index (χ0) is 17.6. The number of aromatic nitrogens is 2. The third-order valence-corrected chi connectivity index (χ3v) is 4.82. The van der Waals surface area contributed by atoms with E-state index in [0.29, 0.717) is 12.6 Å². The fourth-order valence-corrected chi connectivity index (χ4v) is 3.30. The summed E-state index contributed by atoms with van der Waals surface area (Å²) >= 11 is 0. The first-order valence-electron chi connectivity index (χ1n) is 9.11. The van der Waals surface area contributed by atoms with Crippen LogP contribution in [0, 0.1) is 20.8 Å². The van der Waals surface area contributed by atoms with Gasteiger partial charge in [-0.1, -0.05) is 18.2 Å². The predicted octanol–water partition coefficient (Wildman–Crippen LogP) is 3.04. The first kappa shape index (κ1) is 17.7. The molecule has 1 aromatic heterocycles. The molecule has 1 aromatic carbocycles. The van der Waals surface area contributed by atoms with Crippen LogP contribution in [0.3, 0.4) is 0 Å². The molecule has 134 valence electrons. The number of aryl methyl sites for hydroxylation is 2. The number of piperidine rings is 1. The molecule has 2 heterocycles. The smallest absolute Gasteiger partial charge is 0.135 e. The van der Waals surface area contributed by atoms with E-state index in [4.69, 9.17) is 4.74 Å². The van der Waals surface area contributed by atoms with Crippen LogP contribution in [0.4, 0.5) is 5.82 Å². The van der Waals surface area contributed by atoms with Gasteiger partial charge in [0.2, 0.25) is 0 Å². The van der Waals surface area contributed by atoms with Crippen molar-refractivity contribution >= 4 is 5.82 Å². The molecule has 1 aliphatic heterocycles. The number of nitrogens with one attached hydrogen (secondary N) is 1. The highest BCUT2D eigenvalue weighted by Crippen LogP contribution is 2.23. The zero-order valence-electron chi connectivity index (χ0n) is 15.5. The summed E-state index contributed by atoms with van der Waals surface area (Å²) in [6.07, 6.45) is 2.26. The van der Waals surface area contributed by atoms with E-state index in [-0.39, 0.29) is 0 Å². The van der Waals surface area contributed by atoms with Crippen molar-refractivity contribution in [3.8, 4) is 5.75 Å². The minimum absolute atomic E-state index is 0.556. The number of nitrogens with zero attached hydrogens (tertiary/aromatic N) is 3. The first-order valence-corrected chi connectivity index (χ1v) is 9.11. The third-order valence-electron chi connectivity index (χ3n) is 4.82. The predicted molar refractivity (Wildman–Crippen MR) is 101 cm³/mol. The summed E-state index contributed by atoms with van der Waals surface area (Å²) in [5, 5.41) is 3.62. The number of ether oxygens (including phenoxy) is 1. The van der Waals surface area contributed by atoms with Gasteiger partial charge in [-0.15, -0.1) is 0 Å². The maximum absolute atomic E-state index is 5.74. The van der Waals surface area contributed by atoms with Crippen molar-refractivity contribution < 1.29 is 4.74 Å². The van der Waals surface area contributed by atoms with Crippen molar-refractivity contribution in [3.05, 3.63) is 47.4 Å². The van der Waals surface area contributed by atoms with Gasteiger partial charge in [0.1, 0.15) is 24.0 Å². The molecule has 0 saturated carbocycles. The summed E-state index contributed by atoms with van der Waals surface area (Å²) in [7, 11) is 0. The van der Waals surface area contributed by atoms with Crippen molar-refractivity contribution in [2.45, 2.75) is 39.7 Å². The highest BCUT2D eigenvalue weighted by atomic mass is 16.5. The van der Waals surface area contributed by atoms with Gasteiger partial charge in [0.05, 0.1) is 0 Å². The lowest BCUT2D eigenvalue weighted by molar-refractivity contribution is 0.296. The Morgan fingerprint density at radius 3 is 2.52 bits per heavy atom. The summed E-state index contributed by atoms with van der Waals surface area (Å²) in [6.45, 7) is 9.81. The van der Waals surface area contributed by atoms with E-state index in [0.717, 1.165) is 55.6 Å². The topological polar surface area (TPSA) is 50.3 Å².